The van der Waals surface area contributed by atoms with Crippen LogP contribution in [0.2, 0.25) is 0 Å². The highest BCUT2D eigenvalue weighted by molar-refractivity contribution is 5.98. The largest absolute Gasteiger partial charge is 0.481 e. The summed E-state index contributed by atoms with van der Waals surface area (Å²) in [6.07, 6.45) is 4.39. The number of carbonyl (C=O) groups excluding carboxylic acids is 2. The Balaban J connectivity index is 1.63. The van der Waals surface area contributed by atoms with Gasteiger partial charge in [-0.15, -0.1) is 0 Å². The van der Waals surface area contributed by atoms with Gasteiger partial charge in [0, 0.05) is 24.7 Å². The molecule has 2 fully saturated rings. The first-order valence-electron chi connectivity index (χ1n) is 9.34. The zero-order valence-corrected chi connectivity index (χ0v) is 15.1. The maximum atomic E-state index is 12.6. The van der Waals surface area contributed by atoms with E-state index in [1.54, 1.807) is 24.3 Å². The molecule has 1 heterocycles. The van der Waals surface area contributed by atoms with Gasteiger partial charge in [-0.25, -0.2) is 0 Å². The summed E-state index contributed by atoms with van der Waals surface area (Å²) in [5, 5.41) is 11.8. The Morgan fingerprint density at radius 2 is 1.88 bits per heavy atom. The van der Waals surface area contributed by atoms with Crippen LogP contribution in [-0.2, 0) is 20.8 Å². The van der Waals surface area contributed by atoms with Crippen molar-refractivity contribution in [3.8, 4) is 0 Å². The van der Waals surface area contributed by atoms with Crippen molar-refractivity contribution in [1.29, 1.82) is 0 Å². The van der Waals surface area contributed by atoms with Gasteiger partial charge in [0.05, 0.1) is 12.3 Å². The molecule has 1 aromatic rings. The summed E-state index contributed by atoms with van der Waals surface area (Å²) >= 11 is 0. The minimum atomic E-state index is -0.944. The molecule has 2 amide bonds. The molecule has 2 aliphatic rings. The normalized spacial score (nSPS) is 26.0. The molecule has 0 radical (unpaired) electrons. The molecule has 26 heavy (non-hydrogen) atoms. The highest BCUT2D eigenvalue weighted by Crippen LogP contribution is 2.31. The van der Waals surface area contributed by atoms with E-state index in [-0.39, 0.29) is 36.6 Å². The van der Waals surface area contributed by atoms with Crippen molar-refractivity contribution >= 4 is 23.5 Å². The summed E-state index contributed by atoms with van der Waals surface area (Å²) in [5.74, 6) is -0.750. The van der Waals surface area contributed by atoms with Gasteiger partial charge in [0.15, 0.2) is 0 Å². The van der Waals surface area contributed by atoms with Gasteiger partial charge in [-0.2, -0.15) is 0 Å². The van der Waals surface area contributed by atoms with Gasteiger partial charge in [-0.3, -0.25) is 14.4 Å². The van der Waals surface area contributed by atoms with E-state index in [4.69, 9.17) is 5.11 Å². The first-order valence-corrected chi connectivity index (χ1v) is 9.34. The molecule has 6 nitrogen and oxygen atoms in total. The second-order valence-electron chi connectivity index (χ2n) is 7.58. The molecule has 0 bridgehead atoms. The molecule has 6 heteroatoms. The predicted molar refractivity (Wildman–Crippen MR) is 97.7 cm³/mol. The molecule has 140 valence electrons. The molecular formula is C20H26N2O4. The number of para-hydroxylation sites is 1. The molecule has 1 aliphatic carbocycles. The topological polar surface area (TPSA) is 86.7 Å². The fraction of sp³-hybridized carbons (Fsp3) is 0.550. The average molecular weight is 358 g/mol. The molecule has 1 saturated carbocycles. The molecule has 2 N–H and O–H groups in total. The Labute approximate surface area is 153 Å². The second-order valence-corrected chi connectivity index (χ2v) is 7.58. The van der Waals surface area contributed by atoms with Crippen molar-refractivity contribution in [3.05, 3.63) is 29.8 Å². The fourth-order valence-corrected chi connectivity index (χ4v) is 4.01. The van der Waals surface area contributed by atoms with Crippen LogP contribution in [0.15, 0.2) is 24.3 Å². The molecule has 0 aromatic heterocycles. The SMILES string of the molecule is CC1CCC(N2CC(C(=O)Nc3ccccc3CC(=O)O)CC2=O)CC1. The van der Waals surface area contributed by atoms with E-state index in [0.717, 1.165) is 25.7 Å². The summed E-state index contributed by atoms with van der Waals surface area (Å²) in [5.41, 5.74) is 1.08. The second kappa shape index (κ2) is 7.89. The Hall–Kier alpha value is -2.37. The smallest absolute Gasteiger partial charge is 0.307 e. The molecule has 1 atom stereocenters. The van der Waals surface area contributed by atoms with Gasteiger partial charge in [-0.1, -0.05) is 25.1 Å². The number of nitrogens with one attached hydrogen (secondary N) is 1. The van der Waals surface area contributed by atoms with Crippen molar-refractivity contribution in [1.82, 2.24) is 4.90 Å². The van der Waals surface area contributed by atoms with E-state index in [1.807, 2.05) is 4.90 Å². The Kier molecular flexibility index (Phi) is 5.59. The van der Waals surface area contributed by atoms with E-state index in [9.17, 15) is 14.4 Å². The Morgan fingerprint density at radius 1 is 1.19 bits per heavy atom. The number of rotatable bonds is 5. The molecule has 3 rings (SSSR count). The number of anilines is 1. The van der Waals surface area contributed by atoms with E-state index in [0.29, 0.717) is 23.7 Å². The van der Waals surface area contributed by atoms with Crippen LogP contribution in [0, 0.1) is 11.8 Å². The maximum absolute atomic E-state index is 12.6. The summed E-state index contributed by atoms with van der Waals surface area (Å²) in [6.45, 7) is 2.71. The third kappa shape index (κ3) is 4.23. The number of carboxylic acids is 1. The quantitative estimate of drug-likeness (QED) is 0.847. The zero-order chi connectivity index (χ0) is 18.7. The highest BCUT2D eigenvalue weighted by atomic mass is 16.4. The van der Waals surface area contributed by atoms with Gasteiger partial charge < -0.3 is 15.3 Å². The van der Waals surface area contributed by atoms with Crippen molar-refractivity contribution in [3.63, 3.8) is 0 Å². The number of carbonyl (C=O) groups is 3. The highest BCUT2D eigenvalue weighted by Gasteiger charge is 2.38. The van der Waals surface area contributed by atoms with Gasteiger partial charge in [0.1, 0.15) is 0 Å². The van der Waals surface area contributed by atoms with Crippen LogP contribution in [0.4, 0.5) is 5.69 Å². The van der Waals surface area contributed by atoms with Crippen molar-refractivity contribution < 1.29 is 19.5 Å². The lowest BCUT2D eigenvalue weighted by molar-refractivity contribution is -0.136. The van der Waals surface area contributed by atoms with Crippen LogP contribution in [0.5, 0.6) is 0 Å². The summed E-state index contributed by atoms with van der Waals surface area (Å²) < 4.78 is 0. The molecular weight excluding hydrogens is 332 g/mol. The first-order chi connectivity index (χ1) is 12.4. The molecule has 1 aliphatic heterocycles. The average Bonchev–Trinajstić information content (AvgIpc) is 2.99. The number of amides is 2. The Morgan fingerprint density at radius 3 is 2.58 bits per heavy atom. The van der Waals surface area contributed by atoms with Crippen LogP contribution in [0.1, 0.15) is 44.6 Å². The lowest BCUT2D eigenvalue weighted by Gasteiger charge is -2.33. The van der Waals surface area contributed by atoms with Crippen LogP contribution in [-0.4, -0.2) is 40.4 Å². The van der Waals surface area contributed by atoms with Gasteiger partial charge in [0.25, 0.3) is 0 Å². The minimum Gasteiger partial charge on any atom is -0.481 e. The summed E-state index contributed by atoms with van der Waals surface area (Å²) in [4.78, 5) is 37.9. The predicted octanol–water partition coefficient (Wildman–Crippen LogP) is 2.68. The van der Waals surface area contributed by atoms with Crippen LogP contribution in [0.3, 0.4) is 0 Å². The van der Waals surface area contributed by atoms with Crippen molar-refractivity contribution in [2.75, 3.05) is 11.9 Å². The van der Waals surface area contributed by atoms with Crippen molar-refractivity contribution in [2.45, 2.75) is 51.5 Å². The van der Waals surface area contributed by atoms with E-state index >= 15 is 0 Å². The van der Waals surface area contributed by atoms with Crippen LogP contribution in [0.25, 0.3) is 0 Å². The number of aliphatic carboxylic acids is 1. The first kappa shape index (κ1) is 18.4. The number of hydrogen-bond acceptors (Lipinski definition) is 3. The fourth-order valence-electron chi connectivity index (χ4n) is 4.01. The summed E-state index contributed by atoms with van der Waals surface area (Å²) in [7, 11) is 0. The van der Waals surface area contributed by atoms with Gasteiger partial charge in [0.2, 0.25) is 11.8 Å². The van der Waals surface area contributed by atoms with Crippen LogP contribution >= 0.6 is 0 Å². The molecule has 1 aromatic carbocycles. The zero-order valence-electron chi connectivity index (χ0n) is 15.1. The number of hydrogen-bond donors (Lipinski definition) is 2. The van der Waals surface area contributed by atoms with Crippen LogP contribution < -0.4 is 5.32 Å². The minimum absolute atomic E-state index is 0.0588. The van der Waals surface area contributed by atoms with E-state index in [2.05, 4.69) is 12.2 Å². The standard InChI is InChI=1S/C20H26N2O4/c1-13-6-8-16(9-7-13)22-12-15(10-18(22)23)20(26)21-17-5-3-2-4-14(17)11-19(24)25/h2-5,13,15-16H,6-12H2,1H3,(H,21,26)(H,24,25). The number of likely N-dealkylation sites (tertiary alicyclic amines) is 1. The lowest BCUT2D eigenvalue weighted by atomic mass is 9.87. The van der Waals surface area contributed by atoms with E-state index < -0.39 is 5.97 Å². The van der Waals surface area contributed by atoms with Crippen molar-refractivity contribution in [2.24, 2.45) is 11.8 Å². The summed E-state index contributed by atoms with van der Waals surface area (Å²) in [6, 6.07) is 7.16. The van der Waals surface area contributed by atoms with Gasteiger partial charge >= 0.3 is 5.97 Å². The molecule has 1 unspecified atom stereocenters. The molecule has 0 spiro atoms. The lowest BCUT2D eigenvalue weighted by Crippen LogP contribution is -2.39. The third-order valence-electron chi connectivity index (χ3n) is 5.57. The van der Waals surface area contributed by atoms with E-state index in [1.165, 1.54) is 0 Å². The van der Waals surface area contributed by atoms with Gasteiger partial charge in [-0.05, 0) is 43.2 Å². The number of nitrogens with zero attached hydrogens (tertiary/aromatic N) is 1. The number of carboxylic acid groups (broad SMARTS) is 1. The molecule has 1 saturated heterocycles. The Bertz CT molecular complexity index is 695. The third-order valence-corrected chi connectivity index (χ3v) is 5.57. The monoisotopic (exact) mass is 358 g/mol. The number of benzene rings is 1. The maximum Gasteiger partial charge on any atom is 0.307 e.